The summed E-state index contributed by atoms with van der Waals surface area (Å²) in [6.07, 6.45) is 1.65. The molecule has 3 aromatic carbocycles. The molecule has 3 aromatic heterocycles. The Morgan fingerprint density at radius 3 is 2.39 bits per heavy atom. The molecule has 6 aromatic rings. The zero-order valence-corrected chi connectivity index (χ0v) is 22.0. The molecule has 10 heteroatoms. The highest BCUT2D eigenvalue weighted by molar-refractivity contribution is 5.83. The Labute approximate surface area is 234 Å². The maximum atomic E-state index is 13.8. The fourth-order valence-corrected chi connectivity index (χ4v) is 5.25. The van der Waals surface area contributed by atoms with Crippen LogP contribution in [0.25, 0.3) is 10.9 Å². The van der Waals surface area contributed by atoms with Crippen molar-refractivity contribution in [2.24, 2.45) is 0 Å². The van der Waals surface area contributed by atoms with Gasteiger partial charge in [0.1, 0.15) is 11.8 Å². The fourth-order valence-electron chi connectivity index (χ4n) is 5.25. The van der Waals surface area contributed by atoms with E-state index < -0.39 is 6.04 Å². The number of hydrogen-bond acceptors (Lipinski definition) is 8. The molecule has 0 radical (unpaired) electrons. The molecule has 0 spiro atoms. The van der Waals surface area contributed by atoms with Gasteiger partial charge in [0.2, 0.25) is 6.79 Å². The summed E-state index contributed by atoms with van der Waals surface area (Å²) in [6, 6.07) is 28.8. The molecule has 0 saturated carbocycles. The van der Waals surface area contributed by atoms with Gasteiger partial charge in [0.05, 0.1) is 24.9 Å². The van der Waals surface area contributed by atoms with Crippen LogP contribution in [0.5, 0.6) is 11.5 Å². The highest BCUT2D eigenvalue weighted by atomic mass is 16.7. The molecule has 10 nitrogen and oxygen atoms in total. The van der Waals surface area contributed by atoms with Crippen molar-refractivity contribution in [2.75, 3.05) is 6.79 Å². The number of rotatable bonds is 9. The summed E-state index contributed by atoms with van der Waals surface area (Å²) in [4.78, 5) is 19.1. The van der Waals surface area contributed by atoms with E-state index in [1.807, 2.05) is 72.8 Å². The fraction of sp³-hybridized carbons (Fsp3) is 0.161. The molecule has 0 unspecified atom stereocenters. The van der Waals surface area contributed by atoms with Gasteiger partial charge in [-0.05, 0) is 45.8 Å². The lowest BCUT2D eigenvalue weighted by Crippen LogP contribution is -2.34. The van der Waals surface area contributed by atoms with Crippen LogP contribution in [0.15, 0.2) is 106 Å². The van der Waals surface area contributed by atoms with E-state index >= 15 is 0 Å². The van der Waals surface area contributed by atoms with Crippen molar-refractivity contribution in [3.05, 3.63) is 136 Å². The molecule has 1 aliphatic rings. The first kappa shape index (κ1) is 24.8. The third kappa shape index (κ3) is 5.08. The Morgan fingerprint density at radius 2 is 1.63 bits per heavy atom. The van der Waals surface area contributed by atoms with Crippen LogP contribution >= 0.6 is 0 Å². The van der Waals surface area contributed by atoms with Gasteiger partial charge in [0, 0.05) is 23.6 Å². The SMILES string of the molecule is O=c1[nH]c2cc3c(cc2cc1[C@H](c1nnnn1Cc1ccccc1)N(Cc1ccccc1)Cc1ccco1)OCO3. The van der Waals surface area contributed by atoms with E-state index in [0.717, 1.165) is 22.3 Å². The average Bonchev–Trinajstić information content (AvgIpc) is 3.77. The van der Waals surface area contributed by atoms with E-state index in [9.17, 15) is 4.79 Å². The van der Waals surface area contributed by atoms with Crippen LogP contribution in [-0.4, -0.2) is 36.9 Å². The smallest absolute Gasteiger partial charge is 0.253 e. The van der Waals surface area contributed by atoms with Crippen LogP contribution in [0.3, 0.4) is 0 Å². The molecule has 204 valence electrons. The van der Waals surface area contributed by atoms with Crippen LogP contribution in [0.1, 0.15) is 34.3 Å². The minimum atomic E-state index is -0.613. The van der Waals surface area contributed by atoms with Crippen molar-refractivity contribution in [3.8, 4) is 11.5 Å². The van der Waals surface area contributed by atoms with Crippen molar-refractivity contribution in [2.45, 2.75) is 25.7 Å². The molecule has 0 fully saturated rings. The molecule has 0 amide bonds. The molecule has 1 aliphatic heterocycles. The monoisotopic (exact) mass is 546 g/mol. The third-order valence-electron chi connectivity index (χ3n) is 7.17. The van der Waals surface area contributed by atoms with Crippen molar-refractivity contribution in [1.82, 2.24) is 30.1 Å². The lowest BCUT2D eigenvalue weighted by Gasteiger charge is -2.30. The Kier molecular flexibility index (Phi) is 6.50. The van der Waals surface area contributed by atoms with Gasteiger partial charge in [-0.25, -0.2) is 4.68 Å². The molecule has 1 atom stereocenters. The van der Waals surface area contributed by atoms with Crippen LogP contribution in [0, 0.1) is 0 Å². The summed E-state index contributed by atoms with van der Waals surface area (Å²) in [6.45, 7) is 1.53. The van der Waals surface area contributed by atoms with Crippen LogP contribution < -0.4 is 15.0 Å². The second kappa shape index (κ2) is 10.7. The normalized spacial score (nSPS) is 13.2. The second-order valence-electron chi connectivity index (χ2n) is 9.90. The third-order valence-corrected chi connectivity index (χ3v) is 7.17. The molecular weight excluding hydrogens is 520 g/mol. The van der Waals surface area contributed by atoms with Crippen molar-refractivity contribution in [1.29, 1.82) is 0 Å². The van der Waals surface area contributed by atoms with Crippen molar-refractivity contribution < 1.29 is 13.9 Å². The van der Waals surface area contributed by atoms with Crippen LogP contribution in [-0.2, 0) is 19.6 Å². The van der Waals surface area contributed by atoms with Crippen molar-refractivity contribution >= 4 is 10.9 Å². The van der Waals surface area contributed by atoms with Gasteiger partial charge in [-0.2, -0.15) is 0 Å². The van der Waals surface area contributed by atoms with E-state index in [-0.39, 0.29) is 12.4 Å². The predicted molar refractivity (Wildman–Crippen MR) is 150 cm³/mol. The minimum absolute atomic E-state index is 0.146. The summed E-state index contributed by atoms with van der Waals surface area (Å²) >= 11 is 0. The molecule has 41 heavy (non-hydrogen) atoms. The Morgan fingerprint density at radius 1 is 0.878 bits per heavy atom. The zero-order chi connectivity index (χ0) is 27.6. The van der Waals surface area contributed by atoms with E-state index in [2.05, 4.69) is 37.5 Å². The minimum Gasteiger partial charge on any atom is -0.468 e. The number of pyridine rings is 1. The number of tetrazole rings is 1. The van der Waals surface area contributed by atoms with E-state index in [1.165, 1.54) is 0 Å². The average molecular weight is 547 g/mol. The van der Waals surface area contributed by atoms with Gasteiger partial charge in [-0.15, -0.1) is 5.10 Å². The molecular formula is C31H26N6O4. The zero-order valence-electron chi connectivity index (χ0n) is 22.0. The standard InChI is InChI=1S/C31H26N6O4/c38-31-25(14-23-15-27-28(41-20-40-27)16-26(23)32-31)29(30-33-34-35-37(30)18-22-10-5-2-6-11-22)36(19-24-12-7-13-39-24)17-21-8-3-1-4-9-21/h1-16,29H,17-20H2,(H,32,38)/t29-/m1/s1. The molecule has 0 bridgehead atoms. The van der Waals surface area contributed by atoms with E-state index in [1.54, 1.807) is 17.0 Å². The number of hydrogen-bond donors (Lipinski definition) is 1. The number of benzene rings is 3. The molecule has 4 heterocycles. The number of H-pyrrole nitrogens is 1. The van der Waals surface area contributed by atoms with E-state index in [0.29, 0.717) is 48.0 Å². The first-order valence-corrected chi connectivity index (χ1v) is 13.3. The van der Waals surface area contributed by atoms with Crippen LogP contribution in [0.2, 0.25) is 0 Å². The molecule has 0 aliphatic carbocycles. The summed E-state index contributed by atoms with van der Waals surface area (Å²) < 4.78 is 18.7. The lowest BCUT2D eigenvalue weighted by atomic mass is 10.0. The van der Waals surface area contributed by atoms with Gasteiger partial charge in [-0.3, -0.25) is 9.69 Å². The lowest BCUT2D eigenvalue weighted by molar-refractivity contribution is 0.174. The Balaban J connectivity index is 1.39. The van der Waals surface area contributed by atoms with Gasteiger partial charge in [0.15, 0.2) is 17.3 Å². The predicted octanol–water partition coefficient (Wildman–Crippen LogP) is 4.68. The molecule has 1 N–H and O–H groups in total. The number of nitrogens with one attached hydrogen (secondary N) is 1. The summed E-state index contributed by atoms with van der Waals surface area (Å²) in [5, 5.41) is 13.7. The van der Waals surface area contributed by atoms with Crippen LogP contribution in [0.4, 0.5) is 0 Å². The first-order chi connectivity index (χ1) is 20.2. The van der Waals surface area contributed by atoms with Gasteiger partial charge >= 0.3 is 0 Å². The second-order valence-corrected chi connectivity index (χ2v) is 9.90. The Bertz CT molecular complexity index is 1830. The molecule has 0 saturated heterocycles. The number of aromatic amines is 1. The maximum absolute atomic E-state index is 13.8. The van der Waals surface area contributed by atoms with Gasteiger partial charge in [-0.1, -0.05) is 60.7 Å². The number of ether oxygens (including phenoxy) is 2. The number of aromatic nitrogens is 5. The Hall–Kier alpha value is -5.22. The highest BCUT2D eigenvalue weighted by Crippen LogP contribution is 2.37. The summed E-state index contributed by atoms with van der Waals surface area (Å²) in [5.74, 6) is 2.54. The van der Waals surface area contributed by atoms with E-state index in [4.69, 9.17) is 13.9 Å². The van der Waals surface area contributed by atoms with Crippen molar-refractivity contribution in [3.63, 3.8) is 0 Å². The number of furan rings is 1. The summed E-state index contributed by atoms with van der Waals surface area (Å²) in [7, 11) is 0. The largest absolute Gasteiger partial charge is 0.468 e. The maximum Gasteiger partial charge on any atom is 0.253 e. The number of fused-ring (bicyclic) bond motifs is 2. The van der Waals surface area contributed by atoms with Gasteiger partial charge < -0.3 is 18.9 Å². The number of nitrogens with zero attached hydrogens (tertiary/aromatic N) is 5. The van der Waals surface area contributed by atoms with Gasteiger partial charge in [0.25, 0.3) is 5.56 Å². The first-order valence-electron chi connectivity index (χ1n) is 13.3. The highest BCUT2D eigenvalue weighted by Gasteiger charge is 2.32. The quantitative estimate of drug-likeness (QED) is 0.278. The topological polar surface area (TPSA) is 111 Å². The molecule has 7 rings (SSSR count). The summed E-state index contributed by atoms with van der Waals surface area (Å²) in [5.41, 5.74) is 3.04.